The maximum Gasteiger partial charge on any atom is 0.222 e. The molecule has 0 bridgehead atoms. The van der Waals surface area contributed by atoms with Gasteiger partial charge in [-0.1, -0.05) is 29.4 Å². The quantitative estimate of drug-likeness (QED) is 0.872. The average molecular weight is 273 g/mol. The highest BCUT2D eigenvalue weighted by molar-refractivity contribution is 7.98. The third kappa shape index (κ3) is 2.70. The Hall–Kier alpha value is -1.27. The standard InChI is InChI=1S/C10H10ClFN4S/c1-16-9(13)14-15-10(16)17-5-6-2-3-7(11)8(12)4-6/h2-4H,5H2,1H3,(H2,13,14). The zero-order chi connectivity index (χ0) is 12.4. The molecule has 0 spiro atoms. The van der Waals surface area contributed by atoms with E-state index >= 15 is 0 Å². The summed E-state index contributed by atoms with van der Waals surface area (Å²) in [5.74, 6) is 0.525. The van der Waals surface area contributed by atoms with Gasteiger partial charge >= 0.3 is 0 Å². The number of nitrogens with two attached hydrogens (primary N) is 1. The Morgan fingerprint density at radius 3 is 2.82 bits per heavy atom. The second-order valence-corrected chi connectivity index (χ2v) is 4.79. The van der Waals surface area contributed by atoms with Crippen molar-refractivity contribution in [1.29, 1.82) is 0 Å². The first-order chi connectivity index (χ1) is 8.08. The van der Waals surface area contributed by atoms with Gasteiger partial charge in [0, 0.05) is 12.8 Å². The maximum absolute atomic E-state index is 13.2. The van der Waals surface area contributed by atoms with Crippen molar-refractivity contribution in [3.8, 4) is 0 Å². The molecular weight excluding hydrogens is 263 g/mol. The van der Waals surface area contributed by atoms with E-state index in [9.17, 15) is 4.39 Å². The molecule has 4 nitrogen and oxygen atoms in total. The lowest BCUT2D eigenvalue weighted by Crippen LogP contribution is -1.98. The summed E-state index contributed by atoms with van der Waals surface area (Å²) in [5.41, 5.74) is 6.38. The van der Waals surface area contributed by atoms with Crippen LogP contribution in [-0.2, 0) is 12.8 Å². The fourth-order valence-electron chi connectivity index (χ4n) is 1.23. The van der Waals surface area contributed by atoms with Gasteiger partial charge in [-0.2, -0.15) is 0 Å². The molecule has 0 saturated carbocycles. The minimum absolute atomic E-state index is 0.127. The number of thioether (sulfide) groups is 1. The Balaban J connectivity index is 2.07. The summed E-state index contributed by atoms with van der Waals surface area (Å²) >= 11 is 7.04. The van der Waals surface area contributed by atoms with Gasteiger partial charge in [0.2, 0.25) is 5.95 Å². The number of aromatic nitrogens is 3. The molecule has 0 amide bonds. The van der Waals surface area contributed by atoms with E-state index in [1.54, 1.807) is 17.7 Å². The number of benzene rings is 1. The van der Waals surface area contributed by atoms with Crippen LogP contribution in [0.25, 0.3) is 0 Å². The highest BCUT2D eigenvalue weighted by Gasteiger charge is 2.07. The predicted octanol–water partition coefficient (Wildman–Crippen LogP) is 2.48. The molecule has 0 unspecified atom stereocenters. The van der Waals surface area contributed by atoms with Crippen LogP contribution in [0.3, 0.4) is 0 Å². The van der Waals surface area contributed by atoms with Crippen molar-refractivity contribution in [2.75, 3.05) is 5.73 Å². The predicted molar refractivity (Wildman–Crippen MR) is 66.4 cm³/mol. The van der Waals surface area contributed by atoms with Crippen LogP contribution in [0.5, 0.6) is 0 Å². The molecule has 2 aromatic rings. The molecule has 0 aliphatic carbocycles. The molecule has 7 heteroatoms. The lowest BCUT2D eigenvalue weighted by Gasteiger charge is -2.02. The van der Waals surface area contributed by atoms with E-state index in [1.165, 1.54) is 23.9 Å². The topological polar surface area (TPSA) is 56.7 Å². The van der Waals surface area contributed by atoms with Crippen molar-refractivity contribution < 1.29 is 4.39 Å². The van der Waals surface area contributed by atoms with E-state index < -0.39 is 5.82 Å². The first kappa shape index (κ1) is 12.2. The van der Waals surface area contributed by atoms with E-state index in [0.717, 1.165) is 5.56 Å². The lowest BCUT2D eigenvalue weighted by molar-refractivity contribution is 0.627. The lowest BCUT2D eigenvalue weighted by atomic mass is 10.2. The van der Waals surface area contributed by atoms with Crippen molar-refractivity contribution in [2.24, 2.45) is 7.05 Å². The molecule has 0 aliphatic heterocycles. The van der Waals surface area contributed by atoms with E-state index in [1.807, 2.05) is 0 Å². The summed E-state index contributed by atoms with van der Waals surface area (Å²) in [6.07, 6.45) is 0. The summed E-state index contributed by atoms with van der Waals surface area (Å²) in [6.45, 7) is 0. The molecule has 0 saturated heterocycles. The summed E-state index contributed by atoms with van der Waals surface area (Å²) in [6, 6.07) is 4.73. The van der Waals surface area contributed by atoms with Gasteiger partial charge in [0.05, 0.1) is 5.02 Å². The highest BCUT2D eigenvalue weighted by atomic mass is 35.5. The van der Waals surface area contributed by atoms with Crippen molar-refractivity contribution >= 4 is 29.3 Å². The number of rotatable bonds is 3. The number of hydrogen-bond acceptors (Lipinski definition) is 4. The molecule has 2 N–H and O–H groups in total. The average Bonchev–Trinajstić information content (AvgIpc) is 2.62. The molecule has 1 aromatic heterocycles. The van der Waals surface area contributed by atoms with Crippen LogP contribution in [0.4, 0.5) is 10.3 Å². The molecule has 0 atom stereocenters. The molecule has 0 radical (unpaired) electrons. The van der Waals surface area contributed by atoms with E-state index in [0.29, 0.717) is 16.9 Å². The van der Waals surface area contributed by atoms with Gasteiger partial charge in [0.15, 0.2) is 5.16 Å². The van der Waals surface area contributed by atoms with E-state index in [-0.39, 0.29) is 5.02 Å². The fourth-order valence-corrected chi connectivity index (χ4v) is 2.21. The summed E-state index contributed by atoms with van der Waals surface area (Å²) in [5, 5.41) is 8.46. The first-order valence-electron chi connectivity index (χ1n) is 4.79. The molecule has 2 rings (SSSR count). The number of hydrogen-bond donors (Lipinski definition) is 1. The fraction of sp³-hybridized carbons (Fsp3) is 0.200. The van der Waals surface area contributed by atoms with Crippen LogP contribution in [0.1, 0.15) is 5.56 Å². The van der Waals surface area contributed by atoms with Crippen LogP contribution < -0.4 is 5.73 Å². The molecule has 1 heterocycles. The molecule has 0 aliphatic rings. The molecule has 90 valence electrons. The second kappa shape index (κ2) is 4.93. The zero-order valence-corrected chi connectivity index (χ0v) is 10.6. The summed E-state index contributed by atoms with van der Waals surface area (Å²) < 4.78 is 14.9. The smallest absolute Gasteiger partial charge is 0.222 e. The molecule has 17 heavy (non-hydrogen) atoms. The van der Waals surface area contributed by atoms with Crippen LogP contribution in [-0.4, -0.2) is 14.8 Å². The van der Waals surface area contributed by atoms with Crippen molar-refractivity contribution in [3.05, 3.63) is 34.6 Å². The summed E-state index contributed by atoms with van der Waals surface area (Å²) in [4.78, 5) is 0. The van der Waals surface area contributed by atoms with Crippen molar-refractivity contribution in [2.45, 2.75) is 10.9 Å². The van der Waals surface area contributed by atoms with Crippen molar-refractivity contribution in [1.82, 2.24) is 14.8 Å². The first-order valence-corrected chi connectivity index (χ1v) is 6.16. The number of halogens is 2. The molecule has 0 fully saturated rings. The van der Waals surface area contributed by atoms with Crippen LogP contribution in [0.2, 0.25) is 5.02 Å². The van der Waals surface area contributed by atoms with Gasteiger partial charge in [-0.05, 0) is 17.7 Å². The van der Waals surface area contributed by atoms with Crippen LogP contribution in [0.15, 0.2) is 23.4 Å². The number of anilines is 1. The number of nitrogen functional groups attached to an aromatic ring is 1. The van der Waals surface area contributed by atoms with Crippen LogP contribution >= 0.6 is 23.4 Å². The van der Waals surface area contributed by atoms with Gasteiger partial charge in [0.25, 0.3) is 0 Å². The van der Waals surface area contributed by atoms with Gasteiger partial charge < -0.3 is 5.73 Å². The molecular formula is C10H10ClFN4S. The third-order valence-electron chi connectivity index (χ3n) is 2.22. The second-order valence-electron chi connectivity index (χ2n) is 3.44. The monoisotopic (exact) mass is 272 g/mol. The van der Waals surface area contributed by atoms with Gasteiger partial charge in [-0.15, -0.1) is 10.2 Å². The Labute approximate surface area is 107 Å². The Morgan fingerprint density at radius 1 is 1.47 bits per heavy atom. The normalized spacial score (nSPS) is 10.8. The van der Waals surface area contributed by atoms with Gasteiger partial charge in [-0.3, -0.25) is 4.57 Å². The van der Waals surface area contributed by atoms with Crippen molar-refractivity contribution in [3.63, 3.8) is 0 Å². The number of nitrogens with zero attached hydrogens (tertiary/aromatic N) is 3. The van der Waals surface area contributed by atoms with E-state index in [4.69, 9.17) is 17.3 Å². The SMILES string of the molecule is Cn1c(N)nnc1SCc1ccc(Cl)c(F)c1. The largest absolute Gasteiger partial charge is 0.368 e. The zero-order valence-electron chi connectivity index (χ0n) is 9.02. The Morgan fingerprint density at radius 2 is 2.24 bits per heavy atom. The van der Waals surface area contributed by atoms with Gasteiger partial charge in [-0.25, -0.2) is 4.39 Å². The highest BCUT2D eigenvalue weighted by Crippen LogP contribution is 2.23. The molecule has 1 aromatic carbocycles. The minimum Gasteiger partial charge on any atom is -0.368 e. The maximum atomic E-state index is 13.2. The van der Waals surface area contributed by atoms with Crippen LogP contribution in [0, 0.1) is 5.82 Å². The summed E-state index contributed by atoms with van der Waals surface area (Å²) in [7, 11) is 1.78. The Bertz CT molecular complexity index is 543. The Kier molecular flexibility index (Phi) is 3.54. The third-order valence-corrected chi connectivity index (χ3v) is 3.62. The van der Waals surface area contributed by atoms with E-state index in [2.05, 4.69) is 10.2 Å². The minimum atomic E-state index is -0.415. The van der Waals surface area contributed by atoms with Gasteiger partial charge in [0.1, 0.15) is 5.82 Å².